The quantitative estimate of drug-likeness (QED) is 0.815. The van der Waals surface area contributed by atoms with Gasteiger partial charge in [0.2, 0.25) is 5.91 Å². The third-order valence-corrected chi connectivity index (χ3v) is 3.18. The Hall–Kier alpha value is -1.78. The van der Waals surface area contributed by atoms with Gasteiger partial charge in [-0.15, -0.1) is 0 Å². The topological polar surface area (TPSA) is 73.4 Å². The molecular formula is C12H16N2O3. The highest BCUT2D eigenvalue weighted by molar-refractivity contribution is 5.80. The second-order valence-corrected chi connectivity index (χ2v) is 4.38. The minimum Gasteiger partial charge on any atom is -0.481 e. The maximum absolute atomic E-state index is 11.6. The average Bonchev–Trinajstić information content (AvgIpc) is 2.80. The summed E-state index contributed by atoms with van der Waals surface area (Å²) in [6, 6.07) is 1.96. The molecule has 1 aromatic rings. The number of piperidine rings is 1. The Bertz CT molecular complexity index is 400. The van der Waals surface area contributed by atoms with E-state index in [1.54, 1.807) is 4.90 Å². The summed E-state index contributed by atoms with van der Waals surface area (Å²) < 4.78 is 0. The molecule has 0 aromatic carbocycles. The predicted molar refractivity (Wildman–Crippen MR) is 61.4 cm³/mol. The number of hydrogen-bond acceptors (Lipinski definition) is 2. The van der Waals surface area contributed by atoms with E-state index in [0.717, 1.165) is 12.0 Å². The molecule has 1 aliphatic rings. The predicted octanol–water partition coefficient (Wildman–Crippen LogP) is 0.880. The monoisotopic (exact) mass is 236 g/mol. The molecule has 2 N–H and O–H groups in total. The van der Waals surface area contributed by atoms with Crippen LogP contribution in [0.5, 0.6) is 0 Å². The Morgan fingerprint density at radius 3 is 3.06 bits per heavy atom. The Labute approximate surface area is 99.4 Å². The summed E-state index contributed by atoms with van der Waals surface area (Å²) in [5.74, 6) is -1.14. The van der Waals surface area contributed by atoms with Crippen molar-refractivity contribution in [1.29, 1.82) is 0 Å². The third-order valence-electron chi connectivity index (χ3n) is 3.18. The van der Waals surface area contributed by atoms with Crippen LogP contribution in [0.4, 0.5) is 0 Å². The van der Waals surface area contributed by atoms with Crippen LogP contribution < -0.4 is 0 Å². The van der Waals surface area contributed by atoms with E-state index in [1.165, 1.54) is 0 Å². The summed E-state index contributed by atoms with van der Waals surface area (Å²) in [5, 5.41) is 8.95. The fourth-order valence-electron chi connectivity index (χ4n) is 2.11. The molecule has 0 bridgehead atoms. The summed E-state index contributed by atoms with van der Waals surface area (Å²) in [7, 11) is 0. The molecule has 1 fully saturated rings. The van der Waals surface area contributed by atoms with E-state index in [4.69, 9.17) is 5.11 Å². The zero-order valence-corrected chi connectivity index (χ0v) is 9.56. The van der Waals surface area contributed by atoms with E-state index in [9.17, 15) is 9.59 Å². The standard InChI is InChI=1S/C12H16N2O3/c15-11-2-1-10(12(16)17)8-14(11)6-4-9-3-5-13-7-9/h3,5,7,10,13H,1-2,4,6,8H2,(H,16,17). The molecule has 0 radical (unpaired) electrons. The number of carboxylic acid groups (broad SMARTS) is 1. The first-order chi connectivity index (χ1) is 8.16. The number of rotatable bonds is 4. The van der Waals surface area contributed by atoms with Crippen LogP contribution >= 0.6 is 0 Å². The van der Waals surface area contributed by atoms with Crippen molar-refractivity contribution in [3.8, 4) is 0 Å². The number of amides is 1. The van der Waals surface area contributed by atoms with Gasteiger partial charge in [0.05, 0.1) is 5.92 Å². The highest BCUT2D eigenvalue weighted by atomic mass is 16.4. The second kappa shape index (κ2) is 5.03. The number of aliphatic carboxylic acids is 1. The van der Waals surface area contributed by atoms with Gasteiger partial charge in [0.1, 0.15) is 0 Å². The molecule has 1 aromatic heterocycles. The van der Waals surface area contributed by atoms with E-state index in [0.29, 0.717) is 25.9 Å². The van der Waals surface area contributed by atoms with E-state index in [1.807, 2.05) is 18.5 Å². The van der Waals surface area contributed by atoms with Crippen molar-refractivity contribution in [2.24, 2.45) is 5.92 Å². The van der Waals surface area contributed by atoms with Crippen molar-refractivity contribution in [3.05, 3.63) is 24.0 Å². The zero-order valence-electron chi connectivity index (χ0n) is 9.56. The lowest BCUT2D eigenvalue weighted by Gasteiger charge is -2.30. The van der Waals surface area contributed by atoms with Crippen LogP contribution in [-0.2, 0) is 16.0 Å². The van der Waals surface area contributed by atoms with Crippen molar-refractivity contribution in [2.75, 3.05) is 13.1 Å². The Morgan fingerprint density at radius 2 is 2.41 bits per heavy atom. The minimum absolute atomic E-state index is 0.0676. The van der Waals surface area contributed by atoms with Gasteiger partial charge in [-0.1, -0.05) is 0 Å². The number of nitrogens with zero attached hydrogens (tertiary/aromatic N) is 1. The van der Waals surface area contributed by atoms with Gasteiger partial charge >= 0.3 is 5.97 Å². The van der Waals surface area contributed by atoms with E-state index >= 15 is 0 Å². The number of carbonyl (C=O) groups is 2. The van der Waals surface area contributed by atoms with Crippen molar-refractivity contribution in [3.63, 3.8) is 0 Å². The minimum atomic E-state index is -0.802. The molecule has 2 heterocycles. The normalized spacial score (nSPS) is 20.6. The molecular weight excluding hydrogens is 220 g/mol. The summed E-state index contributed by atoms with van der Waals surface area (Å²) in [5.41, 5.74) is 1.13. The van der Waals surface area contributed by atoms with Crippen LogP contribution in [0.3, 0.4) is 0 Å². The van der Waals surface area contributed by atoms with Gasteiger partial charge in [-0.3, -0.25) is 9.59 Å². The molecule has 0 spiro atoms. The van der Waals surface area contributed by atoms with Crippen LogP contribution in [0.25, 0.3) is 0 Å². The SMILES string of the molecule is O=C(O)C1CCC(=O)N(CCc2cc[nH]c2)C1. The fraction of sp³-hybridized carbons (Fsp3) is 0.500. The highest BCUT2D eigenvalue weighted by Crippen LogP contribution is 2.18. The van der Waals surface area contributed by atoms with E-state index < -0.39 is 11.9 Å². The fourth-order valence-corrected chi connectivity index (χ4v) is 2.11. The summed E-state index contributed by atoms with van der Waals surface area (Å²) in [6.45, 7) is 0.944. The largest absolute Gasteiger partial charge is 0.481 e. The van der Waals surface area contributed by atoms with E-state index in [-0.39, 0.29) is 5.91 Å². The molecule has 5 heteroatoms. The van der Waals surface area contributed by atoms with Gasteiger partial charge in [-0.05, 0) is 24.5 Å². The first-order valence-electron chi connectivity index (χ1n) is 5.79. The first kappa shape index (κ1) is 11.7. The van der Waals surface area contributed by atoms with Crippen LogP contribution in [0, 0.1) is 5.92 Å². The molecule has 2 rings (SSSR count). The molecule has 1 amide bonds. The average molecular weight is 236 g/mol. The first-order valence-corrected chi connectivity index (χ1v) is 5.79. The van der Waals surface area contributed by atoms with Crippen LogP contribution in [0.15, 0.2) is 18.5 Å². The van der Waals surface area contributed by atoms with Crippen molar-refractivity contribution in [2.45, 2.75) is 19.3 Å². The molecule has 17 heavy (non-hydrogen) atoms. The molecule has 5 nitrogen and oxygen atoms in total. The third kappa shape index (κ3) is 2.87. The van der Waals surface area contributed by atoms with Crippen molar-refractivity contribution in [1.82, 2.24) is 9.88 Å². The summed E-state index contributed by atoms with van der Waals surface area (Å²) in [6.07, 6.45) is 5.32. The highest BCUT2D eigenvalue weighted by Gasteiger charge is 2.29. The smallest absolute Gasteiger partial charge is 0.308 e. The second-order valence-electron chi connectivity index (χ2n) is 4.38. The van der Waals surface area contributed by atoms with Gasteiger partial charge in [0.15, 0.2) is 0 Å². The maximum Gasteiger partial charge on any atom is 0.308 e. The lowest BCUT2D eigenvalue weighted by Crippen LogP contribution is -2.43. The number of likely N-dealkylation sites (tertiary alicyclic amines) is 1. The van der Waals surface area contributed by atoms with Crippen LogP contribution in [0.2, 0.25) is 0 Å². The van der Waals surface area contributed by atoms with Crippen molar-refractivity contribution < 1.29 is 14.7 Å². The van der Waals surface area contributed by atoms with E-state index in [2.05, 4.69) is 4.98 Å². The number of H-pyrrole nitrogens is 1. The Balaban J connectivity index is 1.89. The molecule has 0 aliphatic carbocycles. The van der Waals surface area contributed by atoms with Gasteiger partial charge in [0, 0.05) is 31.9 Å². The number of aromatic amines is 1. The van der Waals surface area contributed by atoms with Gasteiger partial charge in [-0.25, -0.2) is 0 Å². The van der Waals surface area contributed by atoms with Gasteiger partial charge in [0.25, 0.3) is 0 Å². The lowest BCUT2D eigenvalue weighted by molar-refractivity contribution is -0.147. The number of carboxylic acids is 1. The molecule has 1 saturated heterocycles. The number of hydrogen-bond donors (Lipinski definition) is 2. The van der Waals surface area contributed by atoms with Crippen LogP contribution in [-0.4, -0.2) is 40.0 Å². The summed E-state index contributed by atoms with van der Waals surface area (Å²) in [4.78, 5) is 27.2. The van der Waals surface area contributed by atoms with Crippen molar-refractivity contribution >= 4 is 11.9 Å². The zero-order chi connectivity index (χ0) is 12.3. The van der Waals surface area contributed by atoms with Gasteiger partial charge in [-0.2, -0.15) is 0 Å². The Morgan fingerprint density at radius 1 is 1.59 bits per heavy atom. The number of nitrogens with one attached hydrogen (secondary N) is 1. The molecule has 1 aliphatic heterocycles. The number of carbonyl (C=O) groups excluding carboxylic acids is 1. The van der Waals surface area contributed by atoms with Gasteiger partial charge < -0.3 is 15.0 Å². The molecule has 1 atom stereocenters. The Kier molecular flexibility index (Phi) is 3.46. The summed E-state index contributed by atoms with van der Waals surface area (Å²) >= 11 is 0. The molecule has 1 unspecified atom stereocenters. The molecule has 92 valence electrons. The maximum atomic E-state index is 11.6. The molecule has 0 saturated carbocycles. The number of aromatic nitrogens is 1. The van der Waals surface area contributed by atoms with Crippen LogP contribution in [0.1, 0.15) is 18.4 Å². The lowest BCUT2D eigenvalue weighted by atomic mass is 9.97.